The van der Waals surface area contributed by atoms with Gasteiger partial charge >= 0.3 is 0 Å². The van der Waals surface area contributed by atoms with E-state index in [1.165, 1.54) is 29.6 Å². The average Bonchev–Trinajstić information content (AvgIpc) is 3.18. The molecule has 0 radical (unpaired) electrons. The first-order valence-corrected chi connectivity index (χ1v) is 10.6. The number of hydrogen-bond donors (Lipinski definition) is 1. The Hall–Kier alpha value is -2.23. The number of thioether (sulfide) groups is 1. The molecule has 1 heterocycles. The van der Waals surface area contributed by atoms with Crippen LogP contribution in [-0.4, -0.2) is 45.1 Å². The molecule has 0 spiro atoms. The van der Waals surface area contributed by atoms with Gasteiger partial charge in [-0.25, -0.2) is 8.42 Å². The summed E-state index contributed by atoms with van der Waals surface area (Å²) in [5.41, 5.74) is 6.26. The van der Waals surface area contributed by atoms with Gasteiger partial charge in [-0.15, -0.1) is 11.8 Å². The molecule has 1 atom stereocenters. The van der Waals surface area contributed by atoms with Gasteiger partial charge in [-0.1, -0.05) is 12.1 Å². The van der Waals surface area contributed by atoms with E-state index in [4.69, 9.17) is 15.2 Å². The highest BCUT2D eigenvalue weighted by Gasteiger charge is 2.37. The molecule has 144 valence electrons. The van der Waals surface area contributed by atoms with Crippen molar-refractivity contribution in [2.75, 3.05) is 26.5 Å². The molecular weight excluding hydrogens is 388 g/mol. The Kier molecular flexibility index (Phi) is 5.64. The van der Waals surface area contributed by atoms with Crippen LogP contribution in [0.15, 0.2) is 47.4 Å². The SMILES string of the molecule is COc1ccc(C2SCCN2S(=O)(=O)c2ccc(OC)c(C(N)=O)c2)cc1. The monoisotopic (exact) mass is 408 g/mol. The highest BCUT2D eigenvalue weighted by molar-refractivity contribution is 8.01. The van der Waals surface area contributed by atoms with Crippen LogP contribution in [0.1, 0.15) is 21.3 Å². The van der Waals surface area contributed by atoms with Gasteiger partial charge in [0.15, 0.2) is 0 Å². The van der Waals surface area contributed by atoms with Crippen molar-refractivity contribution in [1.82, 2.24) is 4.31 Å². The van der Waals surface area contributed by atoms with Gasteiger partial charge in [0.1, 0.15) is 11.5 Å². The Balaban J connectivity index is 1.98. The van der Waals surface area contributed by atoms with Crippen molar-refractivity contribution in [2.24, 2.45) is 5.73 Å². The van der Waals surface area contributed by atoms with Crippen molar-refractivity contribution in [3.8, 4) is 11.5 Å². The third kappa shape index (κ3) is 3.76. The number of sulfonamides is 1. The van der Waals surface area contributed by atoms with Crippen molar-refractivity contribution < 1.29 is 22.7 Å². The Bertz CT molecular complexity index is 945. The highest BCUT2D eigenvalue weighted by Crippen LogP contribution is 2.42. The van der Waals surface area contributed by atoms with Gasteiger partial charge in [-0.3, -0.25) is 4.79 Å². The highest BCUT2D eigenvalue weighted by atomic mass is 32.2. The van der Waals surface area contributed by atoms with Gasteiger partial charge in [-0.05, 0) is 35.9 Å². The van der Waals surface area contributed by atoms with Crippen molar-refractivity contribution in [3.05, 3.63) is 53.6 Å². The minimum Gasteiger partial charge on any atom is -0.497 e. The summed E-state index contributed by atoms with van der Waals surface area (Å²) in [6, 6.07) is 11.5. The summed E-state index contributed by atoms with van der Waals surface area (Å²) in [6.45, 7) is 0.377. The van der Waals surface area contributed by atoms with E-state index >= 15 is 0 Å². The molecule has 1 fully saturated rings. The Morgan fingerprint density at radius 2 is 1.85 bits per heavy atom. The maximum Gasteiger partial charge on any atom is 0.252 e. The second kappa shape index (κ2) is 7.79. The first-order valence-electron chi connectivity index (χ1n) is 8.13. The second-order valence-electron chi connectivity index (χ2n) is 5.84. The number of primary amides is 1. The molecule has 0 aromatic heterocycles. The number of benzene rings is 2. The van der Waals surface area contributed by atoms with Gasteiger partial charge in [-0.2, -0.15) is 4.31 Å². The van der Waals surface area contributed by atoms with E-state index in [1.807, 2.05) is 12.1 Å². The number of nitrogens with zero attached hydrogens (tertiary/aromatic N) is 1. The molecule has 2 aromatic carbocycles. The average molecular weight is 409 g/mol. The lowest BCUT2D eigenvalue weighted by Crippen LogP contribution is -2.30. The first kappa shape index (κ1) is 19.5. The molecule has 9 heteroatoms. The van der Waals surface area contributed by atoms with Gasteiger partial charge in [0, 0.05) is 12.3 Å². The number of carbonyl (C=O) groups is 1. The molecule has 0 aliphatic carbocycles. The third-order valence-electron chi connectivity index (χ3n) is 4.29. The number of carbonyl (C=O) groups excluding carboxylic acids is 1. The largest absolute Gasteiger partial charge is 0.497 e. The van der Waals surface area contributed by atoms with E-state index < -0.39 is 15.9 Å². The summed E-state index contributed by atoms with van der Waals surface area (Å²) in [6.07, 6.45) is 0. The minimum atomic E-state index is -3.81. The predicted molar refractivity (Wildman–Crippen MR) is 104 cm³/mol. The van der Waals surface area contributed by atoms with Gasteiger partial charge in [0.05, 0.1) is 30.1 Å². The number of amides is 1. The summed E-state index contributed by atoms with van der Waals surface area (Å²) in [5, 5.41) is -0.347. The van der Waals surface area contributed by atoms with Crippen LogP contribution < -0.4 is 15.2 Å². The zero-order valence-electron chi connectivity index (χ0n) is 14.9. The lowest BCUT2D eigenvalue weighted by atomic mass is 10.2. The van der Waals surface area contributed by atoms with E-state index in [0.717, 1.165) is 5.56 Å². The van der Waals surface area contributed by atoms with Crippen LogP contribution in [0.3, 0.4) is 0 Å². The molecular formula is C18H20N2O5S2. The first-order chi connectivity index (χ1) is 12.9. The smallest absolute Gasteiger partial charge is 0.252 e. The molecule has 1 aliphatic heterocycles. The van der Waals surface area contributed by atoms with Crippen LogP contribution in [0.5, 0.6) is 11.5 Å². The fourth-order valence-electron chi connectivity index (χ4n) is 2.91. The summed E-state index contributed by atoms with van der Waals surface area (Å²) in [4.78, 5) is 11.7. The van der Waals surface area contributed by atoms with Crippen LogP contribution in [0, 0.1) is 0 Å². The fraction of sp³-hybridized carbons (Fsp3) is 0.278. The number of hydrogen-bond acceptors (Lipinski definition) is 6. The van der Waals surface area contributed by atoms with E-state index in [9.17, 15) is 13.2 Å². The van der Waals surface area contributed by atoms with Crippen molar-refractivity contribution in [2.45, 2.75) is 10.3 Å². The molecule has 1 unspecified atom stereocenters. The third-order valence-corrected chi connectivity index (χ3v) is 7.55. The summed E-state index contributed by atoms with van der Waals surface area (Å²) in [7, 11) is -0.840. The maximum atomic E-state index is 13.2. The van der Waals surface area contributed by atoms with E-state index in [-0.39, 0.29) is 21.6 Å². The Labute approximate surface area is 162 Å². The summed E-state index contributed by atoms with van der Waals surface area (Å²) >= 11 is 1.55. The van der Waals surface area contributed by atoms with Crippen molar-refractivity contribution in [3.63, 3.8) is 0 Å². The number of rotatable bonds is 6. The molecule has 1 aliphatic rings. The predicted octanol–water partition coefficient (Wildman–Crippen LogP) is 2.24. The second-order valence-corrected chi connectivity index (χ2v) is 8.92. The van der Waals surface area contributed by atoms with Gasteiger partial charge in [0.2, 0.25) is 10.0 Å². The van der Waals surface area contributed by atoms with Crippen LogP contribution in [-0.2, 0) is 10.0 Å². The number of ether oxygens (including phenoxy) is 2. The van der Waals surface area contributed by atoms with Crippen LogP contribution in [0.2, 0.25) is 0 Å². The topological polar surface area (TPSA) is 98.9 Å². The van der Waals surface area contributed by atoms with Gasteiger partial charge < -0.3 is 15.2 Å². The van der Waals surface area contributed by atoms with E-state index in [0.29, 0.717) is 18.0 Å². The quantitative estimate of drug-likeness (QED) is 0.787. The molecule has 3 rings (SSSR count). The molecule has 0 bridgehead atoms. The zero-order valence-corrected chi connectivity index (χ0v) is 16.5. The van der Waals surface area contributed by atoms with E-state index in [2.05, 4.69) is 0 Å². The molecule has 1 saturated heterocycles. The number of nitrogens with two attached hydrogens (primary N) is 1. The Morgan fingerprint density at radius 3 is 2.44 bits per heavy atom. The summed E-state index contributed by atoms with van der Waals surface area (Å²) < 4.78 is 38.1. The standard InChI is InChI=1S/C18H20N2O5S2/c1-24-13-5-3-12(4-6-13)18-20(9-10-26-18)27(22,23)14-7-8-16(25-2)15(11-14)17(19)21/h3-8,11,18H,9-10H2,1-2H3,(H2,19,21). The Morgan fingerprint density at radius 1 is 1.15 bits per heavy atom. The molecule has 1 amide bonds. The maximum absolute atomic E-state index is 13.2. The van der Waals surface area contributed by atoms with Crippen molar-refractivity contribution >= 4 is 27.7 Å². The molecule has 2 N–H and O–H groups in total. The summed E-state index contributed by atoms with van der Waals surface area (Å²) in [5.74, 6) is 0.877. The van der Waals surface area contributed by atoms with Crippen LogP contribution in [0.4, 0.5) is 0 Å². The minimum absolute atomic E-state index is 0.0121. The molecule has 0 saturated carbocycles. The lowest BCUT2D eigenvalue weighted by molar-refractivity contribution is 0.0997. The van der Waals surface area contributed by atoms with Crippen LogP contribution >= 0.6 is 11.8 Å². The fourth-order valence-corrected chi connectivity index (χ4v) is 6.18. The molecule has 2 aromatic rings. The van der Waals surface area contributed by atoms with E-state index in [1.54, 1.807) is 31.0 Å². The van der Waals surface area contributed by atoms with Gasteiger partial charge in [0.25, 0.3) is 5.91 Å². The number of methoxy groups -OCH3 is 2. The lowest BCUT2D eigenvalue weighted by Gasteiger charge is -2.24. The normalized spacial score (nSPS) is 17.6. The van der Waals surface area contributed by atoms with Crippen LogP contribution in [0.25, 0.3) is 0 Å². The van der Waals surface area contributed by atoms with Crippen molar-refractivity contribution in [1.29, 1.82) is 0 Å². The molecule has 7 nitrogen and oxygen atoms in total. The zero-order chi connectivity index (χ0) is 19.6. The molecule has 27 heavy (non-hydrogen) atoms.